The minimum atomic E-state index is 0.111. The van der Waals surface area contributed by atoms with Gasteiger partial charge in [-0.05, 0) is 66.2 Å². The molecule has 200 valence electrons. The molecule has 0 saturated heterocycles. The number of nitrogens with zero attached hydrogens (tertiary/aromatic N) is 2. The van der Waals surface area contributed by atoms with E-state index >= 15 is 0 Å². The number of aromatic amines is 1. The minimum absolute atomic E-state index is 0.111. The molecule has 6 nitrogen and oxygen atoms in total. The number of para-hydroxylation sites is 2. The number of hydrogen-bond donors (Lipinski definition) is 1. The molecule has 0 spiro atoms. The molecule has 2 aromatic heterocycles. The fourth-order valence-corrected chi connectivity index (χ4v) is 6.53. The number of ether oxygens (including phenoxy) is 2. The lowest BCUT2D eigenvalue weighted by atomic mass is 10.0. The molecule has 0 aliphatic rings. The summed E-state index contributed by atoms with van der Waals surface area (Å²) >= 11 is 3.31. The van der Waals surface area contributed by atoms with Crippen LogP contribution in [0.3, 0.4) is 0 Å². The lowest BCUT2D eigenvalue weighted by Gasteiger charge is -2.14. The Hall–Kier alpha value is -4.14. The molecule has 6 aromatic rings. The lowest BCUT2D eigenvalue weighted by molar-refractivity contribution is 0.414. The number of imidazole rings is 1. The molecular formula is C32H27N3O3S2. The van der Waals surface area contributed by atoms with Gasteiger partial charge in [-0.15, -0.1) is 0 Å². The summed E-state index contributed by atoms with van der Waals surface area (Å²) in [6.07, 6.45) is 0. The van der Waals surface area contributed by atoms with Crippen molar-refractivity contribution >= 4 is 34.6 Å². The molecule has 0 saturated carbocycles. The average molecular weight is 566 g/mol. The highest BCUT2D eigenvalue weighted by atomic mass is 32.2. The Balaban J connectivity index is 1.33. The number of aromatic nitrogens is 3. The van der Waals surface area contributed by atoms with Gasteiger partial charge in [-0.1, -0.05) is 66.0 Å². The van der Waals surface area contributed by atoms with Gasteiger partial charge in [0, 0.05) is 22.1 Å². The molecule has 40 heavy (non-hydrogen) atoms. The Morgan fingerprint density at radius 1 is 0.750 bits per heavy atom. The summed E-state index contributed by atoms with van der Waals surface area (Å²) in [4.78, 5) is 13.4. The number of H-pyrrole nitrogens is 1. The van der Waals surface area contributed by atoms with E-state index < -0.39 is 0 Å². The number of hydrogen-bond acceptors (Lipinski definition) is 7. The number of oxazole rings is 1. The summed E-state index contributed by atoms with van der Waals surface area (Å²) in [5, 5.41) is 1.61. The van der Waals surface area contributed by atoms with Crippen LogP contribution in [0.5, 0.6) is 11.5 Å². The summed E-state index contributed by atoms with van der Waals surface area (Å²) in [6, 6.07) is 34.3. The van der Waals surface area contributed by atoms with Gasteiger partial charge >= 0.3 is 0 Å². The predicted octanol–water partition coefficient (Wildman–Crippen LogP) is 8.53. The van der Waals surface area contributed by atoms with Crippen LogP contribution in [-0.4, -0.2) is 34.9 Å². The van der Waals surface area contributed by atoms with Gasteiger partial charge in [0.15, 0.2) is 10.7 Å². The molecule has 4 aromatic carbocycles. The number of nitrogens with one attached hydrogen (secondary N) is 1. The monoisotopic (exact) mass is 565 g/mol. The van der Waals surface area contributed by atoms with Crippen molar-refractivity contribution in [2.24, 2.45) is 0 Å². The Bertz CT molecular complexity index is 1600. The van der Waals surface area contributed by atoms with Crippen LogP contribution in [0.15, 0.2) is 118 Å². The Kier molecular flexibility index (Phi) is 7.79. The van der Waals surface area contributed by atoms with E-state index in [0.717, 1.165) is 56.0 Å². The summed E-state index contributed by atoms with van der Waals surface area (Å²) < 4.78 is 16.7. The number of fused-ring (bicyclic) bond motifs is 1. The summed E-state index contributed by atoms with van der Waals surface area (Å²) in [7, 11) is 3.34. The van der Waals surface area contributed by atoms with Crippen molar-refractivity contribution in [3.63, 3.8) is 0 Å². The van der Waals surface area contributed by atoms with Gasteiger partial charge in [0.05, 0.1) is 25.6 Å². The van der Waals surface area contributed by atoms with Gasteiger partial charge in [0.25, 0.3) is 5.22 Å². The van der Waals surface area contributed by atoms with Crippen LogP contribution >= 0.6 is 23.5 Å². The predicted molar refractivity (Wildman–Crippen MR) is 162 cm³/mol. The topological polar surface area (TPSA) is 73.2 Å². The van der Waals surface area contributed by atoms with E-state index in [1.54, 1.807) is 37.7 Å². The highest BCUT2D eigenvalue weighted by molar-refractivity contribution is 8.02. The molecule has 0 fully saturated rings. The van der Waals surface area contributed by atoms with Crippen molar-refractivity contribution < 1.29 is 13.9 Å². The van der Waals surface area contributed by atoms with Gasteiger partial charge in [-0.25, -0.2) is 9.97 Å². The van der Waals surface area contributed by atoms with Gasteiger partial charge < -0.3 is 18.9 Å². The van der Waals surface area contributed by atoms with E-state index in [2.05, 4.69) is 34.2 Å². The van der Waals surface area contributed by atoms with Crippen molar-refractivity contribution in [3.8, 4) is 34.0 Å². The number of benzene rings is 4. The fraction of sp³-hybridized carbons (Fsp3) is 0.125. The van der Waals surface area contributed by atoms with Gasteiger partial charge in [0.2, 0.25) is 0 Å². The summed E-state index contributed by atoms with van der Waals surface area (Å²) in [6.45, 7) is 0. The smallest absolute Gasteiger partial charge is 0.256 e. The largest absolute Gasteiger partial charge is 0.497 e. The zero-order valence-electron chi connectivity index (χ0n) is 22.0. The van der Waals surface area contributed by atoms with Crippen molar-refractivity contribution in [1.82, 2.24) is 15.0 Å². The first-order chi connectivity index (χ1) is 19.7. The molecule has 0 aliphatic heterocycles. The van der Waals surface area contributed by atoms with Crippen LogP contribution in [0, 0.1) is 0 Å². The quantitative estimate of drug-likeness (QED) is 0.167. The maximum atomic E-state index is 5.98. The first-order valence-electron chi connectivity index (χ1n) is 12.8. The number of methoxy groups -OCH3 is 2. The fourth-order valence-electron chi connectivity index (χ4n) is 4.39. The third-order valence-electron chi connectivity index (χ3n) is 6.48. The Labute approximate surface area is 241 Å². The van der Waals surface area contributed by atoms with Crippen molar-refractivity contribution in [2.45, 2.75) is 15.6 Å². The van der Waals surface area contributed by atoms with E-state index in [1.165, 1.54) is 5.56 Å². The molecule has 1 atom stereocenters. The molecule has 2 heterocycles. The molecule has 1 N–H and O–H groups in total. The number of thioether (sulfide) groups is 2. The lowest BCUT2D eigenvalue weighted by Crippen LogP contribution is -1.98. The van der Waals surface area contributed by atoms with Crippen LogP contribution in [-0.2, 0) is 0 Å². The standard InChI is InChI=1S/C32H27N3O3S2/c1-36-24-16-12-22(13-17-24)29-30(23-14-18-25(37-2)19-15-23)35-31(34-29)40-28(21-8-4-3-5-9-21)20-39-32-33-26-10-6-7-11-27(26)38-32/h3-19,28H,20H2,1-2H3,(H,34,35). The highest BCUT2D eigenvalue weighted by Gasteiger charge is 2.21. The zero-order chi connectivity index (χ0) is 27.3. The summed E-state index contributed by atoms with van der Waals surface area (Å²) in [5.41, 5.74) is 6.75. The summed E-state index contributed by atoms with van der Waals surface area (Å²) in [5.74, 6) is 2.38. The Morgan fingerprint density at radius 3 is 2.08 bits per heavy atom. The van der Waals surface area contributed by atoms with Crippen molar-refractivity contribution in [3.05, 3.63) is 109 Å². The second-order valence-electron chi connectivity index (χ2n) is 9.00. The van der Waals surface area contributed by atoms with E-state index in [1.807, 2.05) is 78.9 Å². The van der Waals surface area contributed by atoms with Crippen LogP contribution in [0.4, 0.5) is 0 Å². The molecule has 6 rings (SSSR count). The van der Waals surface area contributed by atoms with E-state index in [-0.39, 0.29) is 5.25 Å². The Morgan fingerprint density at radius 2 is 1.40 bits per heavy atom. The van der Waals surface area contributed by atoms with E-state index in [4.69, 9.17) is 18.9 Å². The molecule has 8 heteroatoms. The first kappa shape index (κ1) is 26.1. The van der Waals surface area contributed by atoms with Crippen LogP contribution in [0.2, 0.25) is 0 Å². The number of rotatable bonds is 10. The maximum absolute atomic E-state index is 5.98. The molecule has 0 aliphatic carbocycles. The molecule has 0 amide bonds. The molecule has 0 radical (unpaired) electrons. The van der Waals surface area contributed by atoms with E-state index in [0.29, 0.717) is 5.22 Å². The van der Waals surface area contributed by atoms with Gasteiger partial charge in [0.1, 0.15) is 17.0 Å². The van der Waals surface area contributed by atoms with Crippen LogP contribution in [0.25, 0.3) is 33.6 Å². The van der Waals surface area contributed by atoms with Gasteiger partial charge in [-0.2, -0.15) is 0 Å². The second-order valence-corrected chi connectivity index (χ2v) is 11.2. The third-order valence-corrected chi connectivity index (χ3v) is 8.75. The van der Waals surface area contributed by atoms with E-state index in [9.17, 15) is 0 Å². The second kappa shape index (κ2) is 11.9. The molecule has 0 bridgehead atoms. The zero-order valence-corrected chi connectivity index (χ0v) is 23.7. The third kappa shape index (κ3) is 5.73. The van der Waals surface area contributed by atoms with Gasteiger partial charge in [-0.3, -0.25) is 0 Å². The highest BCUT2D eigenvalue weighted by Crippen LogP contribution is 2.41. The minimum Gasteiger partial charge on any atom is -0.497 e. The van der Waals surface area contributed by atoms with Crippen molar-refractivity contribution in [1.29, 1.82) is 0 Å². The first-order valence-corrected chi connectivity index (χ1v) is 14.7. The van der Waals surface area contributed by atoms with Crippen LogP contribution in [0.1, 0.15) is 10.8 Å². The maximum Gasteiger partial charge on any atom is 0.256 e. The normalized spacial score (nSPS) is 11.9. The van der Waals surface area contributed by atoms with Crippen LogP contribution < -0.4 is 9.47 Å². The average Bonchev–Trinajstić information content (AvgIpc) is 3.64. The van der Waals surface area contributed by atoms with Crippen molar-refractivity contribution in [2.75, 3.05) is 20.0 Å². The molecular weight excluding hydrogens is 539 g/mol. The SMILES string of the molecule is COc1ccc(-c2nc(SC(CSc3nc4ccccc4o3)c3ccccc3)[nH]c2-c2ccc(OC)cc2)cc1. The molecule has 1 unspecified atom stereocenters.